The molecule has 2 bridgehead atoms. The van der Waals surface area contributed by atoms with E-state index in [0.717, 1.165) is 18.2 Å². The van der Waals surface area contributed by atoms with Crippen LogP contribution in [0.15, 0.2) is 30.6 Å². The molecule has 2 N–H and O–H groups in total. The highest BCUT2D eigenvalue weighted by Crippen LogP contribution is 2.65. The van der Waals surface area contributed by atoms with Gasteiger partial charge in [0.25, 0.3) is 5.91 Å². The molecule has 37 heavy (non-hydrogen) atoms. The Labute approximate surface area is 206 Å². The van der Waals surface area contributed by atoms with E-state index in [4.69, 9.17) is 9.47 Å². The van der Waals surface area contributed by atoms with Gasteiger partial charge in [-0.3, -0.25) is 14.2 Å². The van der Waals surface area contributed by atoms with E-state index in [-0.39, 0.29) is 29.0 Å². The Bertz CT molecular complexity index is 1180. The zero-order valence-corrected chi connectivity index (χ0v) is 19.4. The zero-order chi connectivity index (χ0) is 26.8. The van der Waals surface area contributed by atoms with Gasteiger partial charge in [0.05, 0.1) is 36.2 Å². The predicted molar refractivity (Wildman–Crippen MR) is 112 cm³/mol. The van der Waals surface area contributed by atoms with E-state index in [0.29, 0.717) is 19.3 Å². The molecule has 1 aliphatic heterocycles. The topological polar surface area (TPSA) is 94.8 Å². The maximum Gasteiger partial charge on any atom is 0.522 e. The minimum atomic E-state index is -4.74. The van der Waals surface area contributed by atoms with Crippen molar-refractivity contribution in [3.8, 4) is 11.5 Å². The van der Waals surface area contributed by atoms with E-state index in [2.05, 4.69) is 15.2 Å². The molecule has 3 saturated carbocycles. The first-order valence-corrected chi connectivity index (χ1v) is 11.5. The standard InChI is InChI=1S/C23H23F6N3O5/c1-12(8-35-23(27,28)29)36-14-6-30-32(7-14)21-9-20(10-21,11-21)31-19(34)18-5-16(33)15-4-13(22(24,25)26)2-3-17(15)37-18/h2-4,6-7,12,16,18,33H,5,8-11H2,1H3,(H,31,34)/t12-,16+,18+,20?,21?/m0/s1. The number of aromatic nitrogens is 2. The van der Waals surface area contributed by atoms with Gasteiger partial charge in [0.1, 0.15) is 11.9 Å². The number of ether oxygens (including phenoxy) is 3. The lowest BCUT2D eigenvalue weighted by molar-refractivity contribution is -0.329. The minimum Gasteiger partial charge on any atom is -0.485 e. The first-order valence-electron chi connectivity index (χ1n) is 11.5. The minimum absolute atomic E-state index is 0.0145. The first kappa shape index (κ1) is 25.6. The summed E-state index contributed by atoms with van der Waals surface area (Å²) in [6.07, 6.45) is -8.04. The summed E-state index contributed by atoms with van der Waals surface area (Å²) in [5.41, 5.74) is -1.77. The number of benzene rings is 1. The molecule has 1 aromatic carbocycles. The summed E-state index contributed by atoms with van der Waals surface area (Å²) in [4.78, 5) is 12.8. The molecule has 2 aromatic rings. The third kappa shape index (κ3) is 4.96. The first-order chi connectivity index (χ1) is 17.2. The van der Waals surface area contributed by atoms with Crippen molar-refractivity contribution >= 4 is 5.91 Å². The highest BCUT2D eigenvalue weighted by atomic mass is 19.4. The molecule has 0 spiro atoms. The molecule has 1 aromatic heterocycles. The number of nitrogens with zero attached hydrogens (tertiary/aromatic N) is 2. The van der Waals surface area contributed by atoms with Gasteiger partial charge in [-0.15, -0.1) is 13.2 Å². The van der Waals surface area contributed by atoms with Crippen LogP contribution >= 0.6 is 0 Å². The number of aliphatic hydroxyl groups excluding tert-OH is 1. The highest BCUT2D eigenvalue weighted by molar-refractivity contribution is 5.83. The number of alkyl halides is 6. The average Bonchev–Trinajstić information content (AvgIpc) is 3.20. The fraction of sp³-hybridized carbons (Fsp3) is 0.565. The van der Waals surface area contributed by atoms with Gasteiger partial charge in [-0.1, -0.05) is 0 Å². The number of fused-ring (bicyclic) bond motifs is 1. The van der Waals surface area contributed by atoms with Gasteiger partial charge in [0.15, 0.2) is 11.9 Å². The Morgan fingerprint density at radius 1 is 1.27 bits per heavy atom. The van der Waals surface area contributed by atoms with E-state index >= 15 is 0 Å². The van der Waals surface area contributed by atoms with E-state index in [9.17, 15) is 36.2 Å². The molecule has 6 rings (SSSR count). The van der Waals surface area contributed by atoms with Crippen molar-refractivity contribution < 1.29 is 50.5 Å². The summed E-state index contributed by atoms with van der Waals surface area (Å²) in [7, 11) is 0. The predicted octanol–water partition coefficient (Wildman–Crippen LogP) is 3.84. The SMILES string of the molecule is C[C@@H](COC(F)(F)F)Oc1cnn(C23CC(NC(=O)[C@H]4C[C@@H](O)c5cc(C(F)(F)F)ccc5O4)(C2)C3)c1. The van der Waals surface area contributed by atoms with Gasteiger partial charge in [0, 0.05) is 17.5 Å². The van der Waals surface area contributed by atoms with E-state index in [1.807, 2.05) is 0 Å². The lowest BCUT2D eigenvalue weighted by Crippen LogP contribution is -2.79. The van der Waals surface area contributed by atoms with Crippen LogP contribution in [-0.4, -0.2) is 51.5 Å². The largest absolute Gasteiger partial charge is 0.522 e. The molecule has 3 fully saturated rings. The van der Waals surface area contributed by atoms with Gasteiger partial charge in [-0.05, 0) is 44.4 Å². The van der Waals surface area contributed by atoms with E-state index in [1.165, 1.54) is 13.1 Å². The van der Waals surface area contributed by atoms with Gasteiger partial charge >= 0.3 is 12.5 Å². The van der Waals surface area contributed by atoms with Gasteiger partial charge in [-0.25, -0.2) is 0 Å². The number of carbonyl (C=O) groups excluding carboxylic acids is 1. The number of rotatable bonds is 7. The number of hydrogen-bond donors (Lipinski definition) is 2. The number of carbonyl (C=O) groups is 1. The van der Waals surface area contributed by atoms with Crippen molar-refractivity contribution in [2.45, 2.75) is 74.5 Å². The molecule has 8 nitrogen and oxygen atoms in total. The van der Waals surface area contributed by atoms with E-state index in [1.54, 1.807) is 10.9 Å². The Hall–Kier alpha value is -3.00. The number of amides is 1. The molecule has 0 radical (unpaired) electrons. The van der Waals surface area contributed by atoms with Crippen LogP contribution in [0.1, 0.15) is 49.8 Å². The molecule has 2 heterocycles. The van der Waals surface area contributed by atoms with Crippen molar-refractivity contribution in [3.05, 3.63) is 41.7 Å². The van der Waals surface area contributed by atoms with Crippen LogP contribution in [0.5, 0.6) is 11.5 Å². The summed E-state index contributed by atoms with van der Waals surface area (Å²) in [5.74, 6) is -0.154. The van der Waals surface area contributed by atoms with Crippen LogP contribution < -0.4 is 14.8 Å². The molecule has 0 unspecified atom stereocenters. The maximum absolute atomic E-state index is 13.0. The number of nitrogens with one attached hydrogen (secondary N) is 1. The van der Waals surface area contributed by atoms with E-state index < -0.39 is 54.5 Å². The monoisotopic (exact) mass is 535 g/mol. The summed E-state index contributed by atoms with van der Waals surface area (Å²) in [5, 5.41) is 17.5. The highest BCUT2D eigenvalue weighted by Gasteiger charge is 2.70. The summed E-state index contributed by atoms with van der Waals surface area (Å²) in [6, 6.07) is 2.76. The fourth-order valence-electron chi connectivity index (χ4n) is 5.34. The Balaban J connectivity index is 1.14. The van der Waals surface area contributed by atoms with Crippen LogP contribution in [0.3, 0.4) is 0 Å². The van der Waals surface area contributed by atoms with Crippen LogP contribution in [0.2, 0.25) is 0 Å². The normalized spacial score (nSPS) is 29.3. The molecular formula is C23H23F6N3O5. The average molecular weight is 535 g/mol. The number of aliphatic hydroxyl groups is 1. The summed E-state index contributed by atoms with van der Waals surface area (Å²) in [6.45, 7) is 0.771. The molecule has 14 heteroatoms. The summed E-state index contributed by atoms with van der Waals surface area (Å²) >= 11 is 0. The second kappa shape index (κ2) is 8.51. The van der Waals surface area contributed by atoms with Crippen molar-refractivity contribution in [1.82, 2.24) is 15.1 Å². The van der Waals surface area contributed by atoms with Crippen molar-refractivity contribution in [1.29, 1.82) is 0 Å². The smallest absolute Gasteiger partial charge is 0.485 e. The fourth-order valence-corrected chi connectivity index (χ4v) is 5.34. The molecule has 1 amide bonds. The Kier molecular flexibility index (Phi) is 5.90. The van der Waals surface area contributed by atoms with Crippen molar-refractivity contribution in [2.75, 3.05) is 6.61 Å². The van der Waals surface area contributed by atoms with Gasteiger partial charge < -0.3 is 19.9 Å². The summed E-state index contributed by atoms with van der Waals surface area (Å²) < 4.78 is 91.9. The van der Waals surface area contributed by atoms with Crippen LogP contribution in [-0.2, 0) is 21.2 Å². The van der Waals surface area contributed by atoms with Crippen molar-refractivity contribution in [2.24, 2.45) is 0 Å². The number of hydrogen-bond acceptors (Lipinski definition) is 6. The van der Waals surface area contributed by atoms with Gasteiger partial charge in [0.2, 0.25) is 0 Å². The quantitative estimate of drug-likeness (QED) is 0.524. The Morgan fingerprint density at radius 3 is 2.62 bits per heavy atom. The molecule has 3 atom stereocenters. The molecule has 0 saturated heterocycles. The third-order valence-electron chi connectivity index (χ3n) is 6.95. The van der Waals surface area contributed by atoms with Crippen LogP contribution in [0, 0.1) is 0 Å². The van der Waals surface area contributed by atoms with Crippen LogP contribution in [0.4, 0.5) is 26.3 Å². The zero-order valence-electron chi connectivity index (χ0n) is 19.4. The second-order valence-electron chi connectivity index (χ2n) is 9.94. The third-order valence-corrected chi connectivity index (χ3v) is 6.95. The van der Waals surface area contributed by atoms with Crippen LogP contribution in [0.25, 0.3) is 0 Å². The lowest BCUT2D eigenvalue weighted by atomic mass is 9.44. The molecular weight excluding hydrogens is 512 g/mol. The second-order valence-corrected chi connectivity index (χ2v) is 9.94. The van der Waals surface area contributed by atoms with Gasteiger partial charge in [-0.2, -0.15) is 18.3 Å². The maximum atomic E-state index is 13.0. The molecule has 3 aliphatic carbocycles. The Morgan fingerprint density at radius 2 is 1.97 bits per heavy atom. The number of halogens is 6. The van der Waals surface area contributed by atoms with Crippen molar-refractivity contribution in [3.63, 3.8) is 0 Å². The molecule has 202 valence electrons. The molecule has 4 aliphatic rings. The lowest BCUT2D eigenvalue weighted by Gasteiger charge is -2.70.